The Kier molecular flexibility index (Phi) is 4.60. The molecule has 0 spiro atoms. The van der Waals surface area contributed by atoms with Gasteiger partial charge in [-0.2, -0.15) is 0 Å². The van der Waals surface area contributed by atoms with Gasteiger partial charge in [-0.15, -0.1) is 0 Å². The molecule has 1 aliphatic heterocycles. The van der Waals surface area contributed by atoms with Crippen LogP contribution in [0, 0.1) is 0 Å². The molecule has 0 saturated carbocycles. The summed E-state index contributed by atoms with van der Waals surface area (Å²) < 4.78 is 28.4. The molecule has 0 saturated heterocycles. The Hall–Kier alpha value is -3.19. The average Bonchev–Trinajstić information content (AvgIpc) is 3.01. The number of fused-ring (bicyclic) bond motifs is 1. The second kappa shape index (κ2) is 7.09. The smallest absolute Gasteiger partial charge is 0.264 e. The Morgan fingerprint density at radius 2 is 1.86 bits per heavy atom. The van der Waals surface area contributed by atoms with Crippen LogP contribution in [0.1, 0.15) is 11.1 Å². The largest absolute Gasteiger partial charge is 0.315 e. The minimum Gasteiger partial charge on any atom is -0.315 e. The number of anilines is 2. The lowest BCUT2D eigenvalue weighted by atomic mass is 10.2. The number of sulfonamides is 1. The molecule has 0 radical (unpaired) electrons. The van der Waals surface area contributed by atoms with Gasteiger partial charge in [-0.05, 0) is 47.5 Å². The van der Waals surface area contributed by atoms with Crippen LogP contribution in [0.4, 0.5) is 11.4 Å². The zero-order valence-corrected chi connectivity index (χ0v) is 16.1. The third-order valence-corrected chi connectivity index (χ3v) is 6.58. The monoisotopic (exact) mass is 393 g/mol. The first-order valence-corrected chi connectivity index (χ1v) is 10.3. The molecule has 0 fully saturated rings. The molecule has 7 heteroatoms. The number of aromatic nitrogens is 1. The molecule has 2 heterocycles. The van der Waals surface area contributed by atoms with E-state index in [1.165, 1.54) is 4.31 Å². The lowest BCUT2D eigenvalue weighted by Gasteiger charge is -2.25. The molecule has 2 aromatic carbocycles. The molecule has 1 amide bonds. The lowest BCUT2D eigenvalue weighted by Crippen LogP contribution is -2.30. The van der Waals surface area contributed by atoms with E-state index in [0.717, 1.165) is 16.8 Å². The number of carbonyl (C=O) groups excluding carboxylic acids is 1. The molecule has 0 atom stereocenters. The maximum Gasteiger partial charge on any atom is 0.264 e. The number of para-hydroxylation sites is 1. The fourth-order valence-electron chi connectivity index (χ4n) is 3.30. The maximum absolute atomic E-state index is 13.5. The molecule has 1 aliphatic rings. The van der Waals surface area contributed by atoms with E-state index in [1.807, 2.05) is 12.1 Å². The van der Waals surface area contributed by atoms with E-state index < -0.39 is 10.0 Å². The maximum atomic E-state index is 13.5. The minimum atomic E-state index is -3.83. The Morgan fingerprint density at radius 1 is 1.07 bits per heavy atom. The average molecular weight is 393 g/mol. The van der Waals surface area contributed by atoms with Crippen molar-refractivity contribution in [3.8, 4) is 0 Å². The van der Waals surface area contributed by atoms with Gasteiger partial charge in [-0.3, -0.25) is 14.1 Å². The van der Waals surface area contributed by atoms with Gasteiger partial charge in [0.2, 0.25) is 5.91 Å². The zero-order valence-electron chi connectivity index (χ0n) is 15.3. The first-order valence-electron chi connectivity index (χ1n) is 8.83. The fourth-order valence-corrected chi connectivity index (χ4v) is 4.80. The van der Waals surface area contributed by atoms with Crippen molar-refractivity contribution in [2.45, 2.75) is 17.9 Å². The molecule has 0 N–H and O–H groups in total. The zero-order chi connectivity index (χ0) is 19.7. The normalized spacial score (nSPS) is 13.5. The van der Waals surface area contributed by atoms with Crippen molar-refractivity contribution in [2.24, 2.45) is 0 Å². The summed E-state index contributed by atoms with van der Waals surface area (Å²) in [6.07, 6.45) is 3.52. The Bertz CT molecular complexity index is 1120. The van der Waals surface area contributed by atoms with Crippen LogP contribution in [-0.4, -0.2) is 26.4 Å². The number of pyridine rings is 1. The number of likely N-dealkylation sites (N-methyl/N-ethyl adjacent to an activating group) is 1. The van der Waals surface area contributed by atoms with Crippen molar-refractivity contribution in [3.05, 3.63) is 84.2 Å². The number of nitrogens with zero attached hydrogens (tertiary/aromatic N) is 3. The molecule has 142 valence electrons. The SMILES string of the molecule is CN1C(=O)Cc2cc(S(=O)(=O)N(Cc3cccnc3)c3ccccc3)ccc21. The molecule has 6 nitrogen and oxygen atoms in total. The summed E-state index contributed by atoms with van der Waals surface area (Å²) in [5, 5.41) is 0. The molecule has 0 unspecified atom stereocenters. The van der Waals surface area contributed by atoms with Crippen LogP contribution in [0.15, 0.2) is 78.0 Å². The van der Waals surface area contributed by atoms with Gasteiger partial charge < -0.3 is 4.90 Å². The molecular weight excluding hydrogens is 374 g/mol. The van der Waals surface area contributed by atoms with E-state index in [4.69, 9.17) is 0 Å². The van der Waals surface area contributed by atoms with Gasteiger partial charge in [0.1, 0.15) is 0 Å². The quantitative estimate of drug-likeness (QED) is 0.668. The van der Waals surface area contributed by atoms with Crippen molar-refractivity contribution in [1.29, 1.82) is 0 Å². The van der Waals surface area contributed by atoms with Crippen LogP contribution >= 0.6 is 0 Å². The summed E-state index contributed by atoms with van der Waals surface area (Å²) in [7, 11) is -2.14. The third-order valence-electron chi connectivity index (χ3n) is 4.81. The highest BCUT2D eigenvalue weighted by molar-refractivity contribution is 7.92. The van der Waals surface area contributed by atoms with Crippen molar-refractivity contribution in [1.82, 2.24) is 4.98 Å². The summed E-state index contributed by atoms with van der Waals surface area (Å²) in [4.78, 5) is 17.8. The van der Waals surface area contributed by atoms with Crippen molar-refractivity contribution >= 4 is 27.3 Å². The molecule has 28 heavy (non-hydrogen) atoms. The fraction of sp³-hybridized carbons (Fsp3) is 0.143. The summed E-state index contributed by atoms with van der Waals surface area (Å²) in [6, 6.07) is 17.5. The van der Waals surface area contributed by atoms with E-state index in [2.05, 4.69) is 4.98 Å². The van der Waals surface area contributed by atoms with Gasteiger partial charge in [0.25, 0.3) is 10.0 Å². The minimum absolute atomic E-state index is 0.0418. The van der Waals surface area contributed by atoms with Crippen LogP contribution in [0.2, 0.25) is 0 Å². The highest BCUT2D eigenvalue weighted by Gasteiger charge is 2.29. The topological polar surface area (TPSA) is 70.6 Å². The second-order valence-corrected chi connectivity index (χ2v) is 8.49. The van der Waals surface area contributed by atoms with Crippen molar-refractivity contribution < 1.29 is 13.2 Å². The van der Waals surface area contributed by atoms with Gasteiger partial charge in [-0.1, -0.05) is 24.3 Å². The number of hydrogen-bond acceptors (Lipinski definition) is 4. The molecule has 4 rings (SSSR count). The number of benzene rings is 2. The molecule has 0 bridgehead atoms. The van der Waals surface area contributed by atoms with Gasteiger partial charge in [0, 0.05) is 25.1 Å². The standard InChI is InChI=1S/C21H19N3O3S/c1-23-20-10-9-19(12-17(20)13-21(23)25)28(26,27)24(18-7-3-2-4-8-18)15-16-6-5-11-22-14-16/h2-12,14H,13,15H2,1H3. The highest BCUT2D eigenvalue weighted by Crippen LogP contribution is 2.32. The van der Waals surface area contributed by atoms with Crippen LogP contribution in [-0.2, 0) is 27.8 Å². The van der Waals surface area contributed by atoms with E-state index in [9.17, 15) is 13.2 Å². The summed E-state index contributed by atoms with van der Waals surface area (Å²) >= 11 is 0. The predicted molar refractivity (Wildman–Crippen MR) is 108 cm³/mol. The summed E-state index contributed by atoms with van der Waals surface area (Å²) in [5.41, 5.74) is 2.83. The van der Waals surface area contributed by atoms with E-state index in [0.29, 0.717) is 5.69 Å². The Balaban J connectivity index is 1.77. The first kappa shape index (κ1) is 18.2. The van der Waals surface area contributed by atoms with Crippen LogP contribution < -0.4 is 9.21 Å². The third kappa shape index (κ3) is 3.25. The van der Waals surface area contributed by atoms with Crippen LogP contribution in [0.3, 0.4) is 0 Å². The molecular formula is C21H19N3O3S. The van der Waals surface area contributed by atoms with Crippen molar-refractivity contribution in [2.75, 3.05) is 16.3 Å². The summed E-state index contributed by atoms with van der Waals surface area (Å²) in [5.74, 6) is -0.0418. The number of amides is 1. The lowest BCUT2D eigenvalue weighted by molar-refractivity contribution is -0.117. The van der Waals surface area contributed by atoms with Gasteiger partial charge in [0.15, 0.2) is 0 Å². The molecule has 1 aromatic heterocycles. The van der Waals surface area contributed by atoms with Crippen LogP contribution in [0.25, 0.3) is 0 Å². The predicted octanol–water partition coefficient (Wildman–Crippen LogP) is 3.00. The Labute approximate surface area is 164 Å². The van der Waals surface area contributed by atoms with Crippen molar-refractivity contribution in [3.63, 3.8) is 0 Å². The Morgan fingerprint density at radius 3 is 2.57 bits per heavy atom. The molecule has 0 aliphatic carbocycles. The summed E-state index contributed by atoms with van der Waals surface area (Å²) in [6.45, 7) is 0.163. The second-order valence-electron chi connectivity index (χ2n) is 6.63. The van der Waals surface area contributed by atoms with E-state index >= 15 is 0 Å². The first-order chi connectivity index (χ1) is 13.5. The van der Waals surface area contributed by atoms with Gasteiger partial charge >= 0.3 is 0 Å². The molecule has 3 aromatic rings. The van der Waals surface area contributed by atoms with Gasteiger partial charge in [0.05, 0.1) is 23.5 Å². The number of carbonyl (C=O) groups is 1. The number of hydrogen-bond donors (Lipinski definition) is 0. The number of rotatable bonds is 5. The van der Waals surface area contributed by atoms with E-state index in [1.54, 1.807) is 72.9 Å². The van der Waals surface area contributed by atoms with Crippen LogP contribution in [0.5, 0.6) is 0 Å². The van der Waals surface area contributed by atoms with E-state index in [-0.39, 0.29) is 23.8 Å². The highest BCUT2D eigenvalue weighted by atomic mass is 32.2. The van der Waals surface area contributed by atoms with Gasteiger partial charge in [-0.25, -0.2) is 8.42 Å².